The Bertz CT molecular complexity index is 655. The summed E-state index contributed by atoms with van der Waals surface area (Å²) < 4.78 is 0. The Morgan fingerprint density at radius 1 is 1.29 bits per heavy atom. The molecule has 2 rings (SSSR count). The average Bonchev–Trinajstić information content (AvgIpc) is 2.45. The number of hydrogen-bond acceptors (Lipinski definition) is 2. The van der Waals surface area contributed by atoms with Gasteiger partial charge in [0.05, 0.1) is 11.6 Å². The summed E-state index contributed by atoms with van der Waals surface area (Å²) in [6.07, 6.45) is 0.903. The van der Waals surface area contributed by atoms with Crippen LogP contribution in [0.2, 0.25) is 5.02 Å². The van der Waals surface area contributed by atoms with E-state index in [-0.39, 0.29) is 6.04 Å². The summed E-state index contributed by atoms with van der Waals surface area (Å²) in [6.45, 7) is 4.00. The predicted molar refractivity (Wildman–Crippen MR) is 86.2 cm³/mol. The summed E-state index contributed by atoms with van der Waals surface area (Å²) in [5.41, 5.74) is 3.27. The average molecular weight is 304 g/mol. The van der Waals surface area contributed by atoms with Crippen LogP contribution in [0.3, 0.4) is 0 Å². The van der Waals surface area contributed by atoms with Gasteiger partial charge in [0.25, 0.3) is 0 Å². The number of benzene rings is 2. The molecule has 1 unspecified atom stereocenters. The molecule has 4 heteroatoms. The van der Waals surface area contributed by atoms with Crippen molar-refractivity contribution in [1.29, 1.82) is 0 Å². The minimum absolute atomic E-state index is 0.137. The fourth-order valence-corrected chi connectivity index (χ4v) is 2.49. The summed E-state index contributed by atoms with van der Waals surface area (Å²) in [6, 6.07) is 13.0. The van der Waals surface area contributed by atoms with Crippen molar-refractivity contribution in [1.82, 2.24) is 0 Å². The maximum absolute atomic E-state index is 11.0. The first-order valence-electron chi connectivity index (χ1n) is 6.87. The standard InChI is InChI=1S/C17H18ClNO2/c1-3-15(12-5-4-6-14(18)10-12)19-16-8-7-13(17(20)21)9-11(16)2/h4-10,15,19H,3H2,1-2H3,(H,20,21). The van der Waals surface area contributed by atoms with E-state index in [0.717, 1.165) is 23.2 Å². The molecule has 3 nitrogen and oxygen atoms in total. The highest BCUT2D eigenvalue weighted by Crippen LogP contribution is 2.27. The number of carboxylic acids is 1. The third-order valence-corrected chi connectivity index (χ3v) is 3.70. The van der Waals surface area contributed by atoms with Gasteiger partial charge in [-0.2, -0.15) is 0 Å². The van der Waals surface area contributed by atoms with Gasteiger partial charge in [0.2, 0.25) is 0 Å². The summed E-state index contributed by atoms with van der Waals surface area (Å²) in [5, 5.41) is 13.2. The van der Waals surface area contributed by atoms with Crippen molar-refractivity contribution in [3.63, 3.8) is 0 Å². The van der Waals surface area contributed by atoms with Crippen molar-refractivity contribution in [3.8, 4) is 0 Å². The molecule has 0 radical (unpaired) electrons. The lowest BCUT2D eigenvalue weighted by molar-refractivity contribution is 0.0697. The molecular formula is C17H18ClNO2. The van der Waals surface area contributed by atoms with Gasteiger partial charge in [-0.05, 0) is 54.8 Å². The molecule has 0 aliphatic heterocycles. The summed E-state index contributed by atoms with van der Waals surface area (Å²) >= 11 is 6.04. The quantitative estimate of drug-likeness (QED) is 0.825. The lowest BCUT2D eigenvalue weighted by Gasteiger charge is -2.20. The van der Waals surface area contributed by atoms with Crippen molar-refractivity contribution >= 4 is 23.3 Å². The first kappa shape index (κ1) is 15.4. The smallest absolute Gasteiger partial charge is 0.335 e. The van der Waals surface area contributed by atoms with E-state index in [2.05, 4.69) is 12.2 Å². The molecular weight excluding hydrogens is 286 g/mol. The molecule has 0 heterocycles. The van der Waals surface area contributed by atoms with Crippen LogP contribution in [0.15, 0.2) is 42.5 Å². The lowest BCUT2D eigenvalue weighted by Crippen LogP contribution is -2.11. The number of nitrogens with one attached hydrogen (secondary N) is 1. The third-order valence-electron chi connectivity index (χ3n) is 3.46. The van der Waals surface area contributed by atoms with Crippen molar-refractivity contribution in [2.75, 3.05) is 5.32 Å². The largest absolute Gasteiger partial charge is 0.478 e. The van der Waals surface area contributed by atoms with Gasteiger partial charge in [-0.3, -0.25) is 0 Å². The van der Waals surface area contributed by atoms with Crippen molar-refractivity contribution < 1.29 is 9.90 Å². The van der Waals surface area contributed by atoms with Crippen LogP contribution >= 0.6 is 11.6 Å². The molecule has 2 aromatic rings. The van der Waals surface area contributed by atoms with E-state index in [0.29, 0.717) is 10.6 Å². The minimum atomic E-state index is -0.911. The van der Waals surface area contributed by atoms with Crippen molar-refractivity contribution in [3.05, 3.63) is 64.2 Å². The molecule has 0 saturated carbocycles. The Morgan fingerprint density at radius 3 is 2.62 bits per heavy atom. The molecule has 110 valence electrons. The fourth-order valence-electron chi connectivity index (χ4n) is 2.29. The number of hydrogen-bond donors (Lipinski definition) is 2. The molecule has 0 aromatic heterocycles. The Kier molecular flexibility index (Phi) is 4.86. The van der Waals surface area contributed by atoms with Gasteiger partial charge in [-0.25, -0.2) is 4.79 Å². The summed E-state index contributed by atoms with van der Waals surface area (Å²) in [5.74, 6) is -0.911. The van der Waals surface area contributed by atoms with Gasteiger partial charge in [0, 0.05) is 10.7 Å². The van der Waals surface area contributed by atoms with Crippen LogP contribution in [0.4, 0.5) is 5.69 Å². The topological polar surface area (TPSA) is 49.3 Å². The van der Waals surface area contributed by atoms with Crippen LogP contribution in [0.5, 0.6) is 0 Å². The number of carboxylic acid groups (broad SMARTS) is 1. The number of aromatic carboxylic acids is 1. The first-order valence-corrected chi connectivity index (χ1v) is 7.25. The lowest BCUT2D eigenvalue weighted by atomic mass is 10.0. The first-order chi connectivity index (χ1) is 10.0. The molecule has 0 spiro atoms. The molecule has 2 N–H and O–H groups in total. The predicted octanol–water partition coefficient (Wildman–Crippen LogP) is 4.91. The fraction of sp³-hybridized carbons (Fsp3) is 0.235. The zero-order valence-corrected chi connectivity index (χ0v) is 12.8. The molecule has 2 aromatic carbocycles. The summed E-state index contributed by atoms with van der Waals surface area (Å²) in [4.78, 5) is 11.0. The van der Waals surface area contributed by atoms with Gasteiger partial charge < -0.3 is 10.4 Å². The normalized spacial score (nSPS) is 12.0. The van der Waals surface area contributed by atoms with Crippen molar-refractivity contribution in [2.45, 2.75) is 26.3 Å². The van der Waals surface area contributed by atoms with Crippen LogP contribution < -0.4 is 5.32 Å². The van der Waals surface area contributed by atoms with Gasteiger partial charge in [0.15, 0.2) is 0 Å². The van der Waals surface area contributed by atoms with Gasteiger partial charge in [0.1, 0.15) is 0 Å². The number of halogens is 1. The second-order valence-corrected chi connectivity index (χ2v) is 5.43. The number of anilines is 1. The summed E-state index contributed by atoms with van der Waals surface area (Å²) in [7, 11) is 0. The van der Waals surface area contributed by atoms with E-state index in [1.807, 2.05) is 37.3 Å². The zero-order chi connectivity index (χ0) is 15.4. The maximum Gasteiger partial charge on any atom is 0.335 e. The third kappa shape index (κ3) is 3.76. The Labute approximate surface area is 129 Å². The molecule has 1 atom stereocenters. The van der Waals surface area contributed by atoms with Crippen molar-refractivity contribution in [2.24, 2.45) is 0 Å². The molecule has 21 heavy (non-hydrogen) atoms. The molecule has 0 amide bonds. The Hall–Kier alpha value is -2.00. The second-order valence-electron chi connectivity index (χ2n) is 5.00. The monoisotopic (exact) mass is 303 g/mol. The van der Waals surface area contributed by atoms with Crippen LogP contribution in [0, 0.1) is 6.92 Å². The van der Waals surface area contributed by atoms with E-state index in [1.165, 1.54) is 0 Å². The zero-order valence-electron chi connectivity index (χ0n) is 12.1. The Balaban J connectivity index is 2.25. The highest BCUT2D eigenvalue weighted by molar-refractivity contribution is 6.30. The van der Waals surface area contributed by atoms with Gasteiger partial charge in [-0.1, -0.05) is 30.7 Å². The van der Waals surface area contributed by atoms with Gasteiger partial charge in [-0.15, -0.1) is 0 Å². The van der Waals surface area contributed by atoms with E-state index in [4.69, 9.17) is 16.7 Å². The molecule has 0 aliphatic carbocycles. The second kappa shape index (κ2) is 6.64. The SMILES string of the molecule is CCC(Nc1ccc(C(=O)O)cc1C)c1cccc(Cl)c1. The van der Waals surface area contributed by atoms with Crippen LogP contribution in [-0.4, -0.2) is 11.1 Å². The van der Waals surface area contributed by atoms with Gasteiger partial charge >= 0.3 is 5.97 Å². The van der Waals surface area contributed by atoms with E-state index in [9.17, 15) is 4.79 Å². The van der Waals surface area contributed by atoms with Crippen LogP contribution in [0.25, 0.3) is 0 Å². The highest BCUT2D eigenvalue weighted by atomic mass is 35.5. The highest BCUT2D eigenvalue weighted by Gasteiger charge is 2.12. The van der Waals surface area contributed by atoms with E-state index >= 15 is 0 Å². The number of carbonyl (C=O) groups is 1. The van der Waals surface area contributed by atoms with Crippen LogP contribution in [-0.2, 0) is 0 Å². The minimum Gasteiger partial charge on any atom is -0.478 e. The maximum atomic E-state index is 11.0. The molecule has 0 fully saturated rings. The number of rotatable bonds is 5. The van der Waals surface area contributed by atoms with E-state index < -0.39 is 5.97 Å². The van der Waals surface area contributed by atoms with Crippen LogP contribution in [0.1, 0.15) is 40.9 Å². The molecule has 0 aliphatic rings. The molecule has 0 bridgehead atoms. The molecule has 0 saturated heterocycles. The Morgan fingerprint density at radius 2 is 2.05 bits per heavy atom. The van der Waals surface area contributed by atoms with E-state index in [1.54, 1.807) is 12.1 Å². The number of aryl methyl sites for hydroxylation is 1.